The van der Waals surface area contributed by atoms with Gasteiger partial charge in [0.15, 0.2) is 0 Å². The standard InChI is InChI=1S/C19H15N3O3S/c20-11-13-5-4-6-14(9-13)21-17(23)12-26-16-10-18(24)22(19(16)25)15-7-2-1-3-8-15/h1-9,16H,10,12H2,(H,21,23)/t16-/m0/s1. The number of hydrogen-bond acceptors (Lipinski definition) is 5. The molecular weight excluding hydrogens is 350 g/mol. The number of benzene rings is 2. The highest BCUT2D eigenvalue weighted by molar-refractivity contribution is 8.01. The molecule has 0 aromatic heterocycles. The van der Waals surface area contributed by atoms with E-state index in [0.717, 1.165) is 11.8 Å². The van der Waals surface area contributed by atoms with E-state index in [1.54, 1.807) is 48.5 Å². The van der Waals surface area contributed by atoms with Crippen LogP contribution in [0.25, 0.3) is 0 Å². The average Bonchev–Trinajstić information content (AvgIpc) is 2.94. The lowest BCUT2D eigenvalue weighted by molar-refractivity contribution is -0.121. The van der Waals surface area contributed by atoms with Crippen LogP contribution in [-0.2, 0) is 14.4 Å². The quantitative estimate of drug-likeness (QED) is 0.823. The van der Waals surface area contributed by atoms with Crippen molar-refractivity contribution in [1.82, 2.24) is 0 Å². The van der Waals surface area contributed by atoms with E-state index in [1.807, 2.05) is 12.1 Å². The van der Waals surface area contributed by atoms with Gasteiger partial charge in [0, 0.05) is 12.1 Å². The third kappa shape index (κ3) is 3.92. The zero-order valence-electron chi connectivity index (χ0n) is 13.7. The summed E-state index contributed by atoms with van der Waals surface area (Å²) in [4.78, 5) is 37.9. The molecular formula is C19H15N3O3S. The second kappa shape index (κ2) is 7.85. The van der Waals surface area contributed by atoms with Gasteiger partial charge in [0.25, 0.3) is 0 Å². The van der Waals surface area contributed by atoms with Crippen LogP contribution in [0.15, 0.2) is 54.6 Å². The van der Waals surface area contributed by atoms with Crippen LogP contribution < -0.4 is 10.2 Å². The number of thioether (sulfide) groups is 1. The Balaban J connectivity index is 1.58. The maximum absolute atomic E-state index is 12.5. The Morgan fingerprint density at radius 1 is 1.19 bits per heavy atom. The minimum atomic E-state index is -0.570. The predicted molar refractivity (Wildman–Crippen MR) is 99.6 cm³/mol. The number of hydrogen-bond donors (Lipinski definition) is 1. The van der Waals surface area contributed by atoms with Crippen molar-refractivity contribution >= 4 is 40.9 Å². The summed E-state index contributed by atoms with van der Waals surface area (Å²) >= 11 is 1.14. The number of anilines is 2. The third-order valence-electron chi connectivity index (χ3n) is 3.81. The molecule has 1 heterocycles. The van der Waals surface area contributed by atoms with Gasteiger partial charge in [-0.1, -0.05) is 24.3 Å². The summed E-state index contributed by atoms with van der Waals surface area (Å²) in [5.41, 5.74) is 1.52. The van der Waals surface area contributed by atoms with Crippen molar-refractivity contribution < 1.29 is 14.4 Å². The van der Waals surface area contributed by atoms with Crippen LogP contribution in [0.1, 0.15) is 12.0 Å². The van der Waals surface area contributed by atoms with Gasteiger partial charge in [-0.2, -0.15) is 5.26 Å². The number of rotatable bonds is 5. The number of imide groups is 1. The van der Waals surface area contributed by atoms with Crippen LogP contribution in [0.2, 0.25) is 0 Å². The molecule has 1 N–H and O–H groups in total. The lowest BCUT2D eigenvalue weighted by atomic mass is 10.2. The van der Waals surface area contributed by atoms with Crippen molar-refractivity contribution in [2.24, 2.45) is 0 Å². The molecule has 3 rings (SSSR count). The zero-order chi connectivity index (χ0) is 18.5. The molecule has 26 heavy (non-hydrogen) atoms. The highest BCUT2D eigenvalue weighted by atomic mass is 32.2. The minimum Gasteiger partial charge on any atom is -0.325 e. The van der Waals surface area contributed by atoms with Gasteiger partial charge in [-0.05, 0) is 30.3 Å². The Morgan fingerprint density at radius 2 is 1.96 bits per heavy atom. The second-order valence-corrected chi connectivity index (χ2v) is 6.84. The zero-order valence-corrected chi connectivity index (χ0v) is 14.5. The van der Waals surface area contributed by atoms with Gasteiger partial charge in [0.1, 0.15) is 0 Å². The lowest BCUT2D eigenvalue weighted by Gasteiger charge is -2.14. The molecule has 0 radical (unpaired) electrons. The molecule has 3 amide bonds. The maximum atomic E-state index is 12.5. The van der Waals surface area contributed by atoms with Crippen molar-refractivity contribution in [3.05, 3.63) is 60.2 Å². The van der Waals surface area contributed by atoms with Gasteiger partial charge in [0.2, 0.25) is 17.7 Å². The molecule has 0 bridgehead atoms. The molecule has 1 fully saturated rings. The minimum absolute atomic E-state index is 0.0447. The Hall–Kier alpha value is -3.11. The van der Waals surface area contributed by atoms with E-state index in [1.165, 1.54) is 4.90 Å². The molecule has 7 heteroatoms. The molecule has 0 spiro atoms. The van der Waals surface area contributed by atoms with Crippen molar-refractivity contribution in [3.63, 3.8) is 0 Å². The first kappa shape index (κ1) is 17.7. The third-order valence-corrected chi connectivity index (χ3v) is 5.01. The van der Waals surface area contributed by atoms with Crippen molar-refractivity contribution in [2.45, 2.75) is 11.7 Å². The first-order valence-corrected chi connectivity index (χ1v) is 8.97. The molecule has 130 valence electrons. The van der Waals surface area contributed by atoms with E-state index in [2.05, 4.69) is 5.32 Å². The molecule has 0 unspecified atom stereocenters. The molecule has 6 nitrogen and oxygen atoms in total. The van der Waals surface area contributed by atoms with Gasteiger partial charge in [0.05, 0.1) is 28.3 Å². The van der Waals surface area contributed by atoms with Crippen molar-refractivity contribution in [1.29, 1.82) is 5.26 Å². The summed E-state index contributed by atoms with van der Waals surface area (Å²) in [5, 5.41) is 11.0. The van der Waals surface area contributed by atoms with Crippen LogP contribution >= 0.6 is 11.8 Å². The van der Waals surface area contributed by atoms with E-state index < -0.39 is 5.25 Å². The Kier molecular flexibility index (Phi) is 5.34. The molecule has 0 aliphatic carbocycles. The highest BCUT2D eigenvalue weighted by Gasteiger charge is 2.39. The fraction of sp³-hybridized carbons (Fsp3) is 0.158. The van der Waals surface area contributed by atoms with Crippen LogP contribution in [0.5, 0.6) is 0 Å². The van der Waals surface area contributed by atoms with E-state index in [9.17, 15) is 14.4 Å². The van der Waals surface area contributed by atoms with Crippen molar-refractivity contribution in [2.75, 3.05) is 16.0 Å². The predicted octanol–water partition coefficient (Wildman–Crippen LogP) is 2.56. The monoisotopic (exact) mass is 365 g/mol. The summed E-state index contributed by atoms with van der Waals surface area (Å²) in [6.45, 7) is 0. The SMILES string of the molecule is N#Cc1cccc(NC(=O)CS[C@H]2CC(=O)N(c3ccccc3)C2=O)c1. The van der Waals surface area contributed by atoms with Crippen LogP contribution in [0, 0.1) is 11.3 Å². The van der Waals surface area contributed by atoms with Crippen LogP contribution in [0.3, 0.4) is 0 Å². The largest absolute Gasteiger partial charge is 0.325 e. The van der Waals surface area contributed by atoms with Gasteiger partial charge >= 0.3 is 0 Å². The molecule has 1 aliphatic rings. The van der Waals surface area contributed by atoms with Crippen molar-refractivity contribution in [3.8, 4) is 6.07 Å². The number of nitrogens with one attached hydrogen (secondary N) is 1. The van der Waals surface area contributed by atoms with E-state index in [0.29, 0.717) is 16.9 Å². The maximum Gasteiger partial charge on any atom is 0.247 e. The van der Waals surface area contributed by atoms with Crippen LogP contribution in [0.4, 0.5) is 11.4 Å². The smallest absolute Gasteiger partial charge is 0.247 e. The summed E-state index contributed by atoms with van der Waals surface area (Å²) in [7, 11) is 0. The van der Waals surface area contributed by atoms with Gasteiger partial charge in [-0.25, -0.2) is 4.90 Å². The molecule has 2 aromatic rings. The number of nitrogens with zero attached hydrogens (tertiary/aromatic N) is 2. The summed E-state index contributed by atoms with van der Waals surface area (Å²) in [6, 6.07) is 17.3. The summed E-state index contributed by atoms with van der Waals surface area (Å²) < 4.78 is 0. The van der Waals surface area contributed by atoms with E-state index >= 15 is 0 Å². The fourth-order valence-electron chi connectivity index (χ4n) is 2.62. The van der Waals surface area contributed by atoms with E-state index in [-0.39, 0.29) is 29.9 Å². The normalized spacial score (nSPS) is 16.4. The molecule has 1 aliphatic heterocycles. The molecule has 2 aromatic carbocycles. The number of amides is 3. The Bertz CT molecular complexity index is 892. The lowest BCUT2D eigenvalue weighted by Crippen LogP contribution is -2.31. The second-order valence-electron chi connectivity index (χ2n) is 5.65. The Labute approximate surface area is 154 Å². The number of carbonyl (C=O) groups is 3. The summed E-state index contributed by atoms with van der Waals surface area (Å²) in [6.07, 6.45) is 0.0790. The number of carbonyl (C=O) groups excluding carboxylic acids is 3. The highest BCUT2D eigenvalue weighted by Crippen LogP contribution is 2.29. The molecule has 1 saturated heterocycles. The van der Waals surface area contributed by atoms with Crippen LogP contribution in [-0.4, -0.2) is 28.7 Å². The summed E-state index contributed by atoms with van der Waals surface area (Å²) in [5.74, 6) is -0.807. The first-order valence-electron chi connectivity index (χ1n) is 7.92. The van der Waals surface area contributed by atoms with E-state index in [4.69, 9.17) is 5.26 Å². The average molecular weight is 365 g/mol. The number of para-hydroxylation sites is 1. The Morgan fingerprint density at radius 3 is 2.69 bits per heavy atom. The van der Waals surface area contributed by atoms with Gasteiger partial charge in [-0.15, -0.1) is 11.8 Å². The van der Waals surface area contributed by atoms with Gasteiger partial charge in [-0.3, -0.25) is 14.4 Å². The first-order chi connectivity index (χ1) is 12.6. The van der Waals surface area contributed by atoms with Gasteiger partial charge < -0.3 is 5.32 Å². The number of nitriles is 1. The fourth-order valence-corrected chi connectivity index (χ4v) is 3.56. The molecule has 0 saturated carbocycles. The topological polar surface area (TPSA) is 90.3 Å². The molecule has 1 atom stereocenters.